The third kappa shape index (κ3) is 3.92. The van der Waals surface area contributed by atoms with Gasteiger partial charge in [-0.1, -0.05) is 30.3 Å². The van der Waals surface area contributed by atoms with E-state index in [1.807, 2.05) is 49.8 Å². The van der Waals surface area contributed by atoms with Gasteiger partial charge in [-0.2, -0.15) is 0 Å². The molecule has 4 heterocycles. The van der Waals surface area contributed by atoms with Crippen molar-refractivity contribution in [1.29, 1.82) is 0 Å². The first-order valence-electron chi connectivity index (χ1n) is 12.6. The van der Waals surface area contributed by atoms with Crippen molar-refractivity contribution in [3.8, 4) is 22.4 Å². The van der Waals surface area contributed by atoms with Crippen LogP contribution in [0, 0.1) is 6.57 Å². The van der Waals surface area contributed by atoms with Crippen molar-refractivity contribution in [1.82, 2.24) is 19.3 Å². The average molecular weight is 492 g/mol. The van der Waals surface area contributed by atoms with Gasteiger partial charge < -0.3 is 14.7 Å². The zero-order valence-electron chi connectivity index (χ0n) is 21.3. The molecule has 2 aliphatic rings. The van der Waals surface area contributed by atoms with E-state index in [0.717, 1.165) is 71.2 Å². The fourth-order valence-electron chi connectivity index (χ4n) is 5.57. The molecule has 0 saturated carbocycles. The number of carbonyl (C=O) groups excluding carboxylic acids is 1. The highest BCUT2D eigenvalue weighted by Crippen LogP contribution is 2.40. The van der Waals surface area contributed by atoms with Crippen molar-refractivity contribution < 1.29 is 4.79 Å². The van der Waals surface area contributed by atoms with E-state index in [1.165, 1.54) is 0 Å². The van der Waals surface area contributed by atoms with Gasteiger partial charge in [-0.25, -0.2) is 14.8 Å². The second-order valence-corrected chi connectivity index (χ2v) is 10.1. The smallest absolute Gasteiger partial charge is 0.231 e. The summed E-state index contributed by atoms with van der Waals surface area (Å²) in [6.07, 6.45) is 6.36. The topological polar surface area (TPSA) is 61.3 Å². The second-order valence-electron chi connectivity index (χ2n) is 10.1. The number of aromatic nitrogens is 3. The molecule has 8 nitrogen and oxygen atoms in total. The fourth-order valence-corrected chi connectivity index (χ4v) is 5.57. The summed E-state index contributed by atoms with van der Waals surface area (Å²) in [7, 11) is 6.11. The molecule has 0 aliphatic carbocycles. The largest absolute Gasteiger partial charge is 0.342 e. The van der Waals surface area contributed by atoms with E-state index >= 15 is 0 Å². The van der Waals surface area contributed by atoms with Crippen LogP contribution in [-0.4, -0.2) is 65.5 Å². The highest BCUT2D eigenvalue weighted by molar-refractivity contribution is 6.02. The van der Waals surface area contributed by atoms with Gasteiger partial charge in [0.1, 0.15) is 5.65 Å². The van der Waals surface area contributed by atoms with E-state index in [4.69, 9.17) is 16.5 Å². The SMILES string of the molecule is [C-]#[N+]c1ccc(-c2nc(N3CCC(N(C)C)CC3)n3ccnc3c2-c2ccc3c(c2)CC(=O)N3C)cc1. The van der Waals surface area contributed by atoms with Gasteiger partial charge in [0.05, 0.1) is 24.3 Å². The van der Waals surface area contributed by atoms with E-state index in [9.17, 15) is 4.79 Å². The maximum absolute atomic E-state index is 12.3. The van der Waals surface area contributed by atoms with Gasteiger partial charge in [-0.3, -0.25) is 9.20 Å². The maximum atomic E-state index is 12.3. The van der Waals surface area contributed by atoms with Crippen molar-refractivity contribution in [2.24, 2.45) is 0 Å². The van der Waals surface area contributed by atoms with Crippen LogP contribution >= 0.6 is 0 Å². The molecule has 0 atom stereocenters. The minimum absolute atomic E-state index is 0.0997. The lowest BCUT2D eigenvalue weighted by Gasteiger charge is -2.36. The fraction of sp³-hybridized carbons (Fsp3) is 0.310. The summed E-state index contributed by atoms with van der Waals surface area (Å²) in [5.74, 6) is 0.983. The standard InChI is InChI=1S/C29H29N7O/c1-30-22-8-5-19(6-9-22)27-26(20-7-10-24-21(17-20)18-25(37)34(24)4)28-31-13-16-36(28)29(32-27)35-14-11-23(12-15-35)33(2)3/h5-10,13,16-17,23H,11-12,14-15,18H2,2-4H3. The lowest BCUT2D eigenvalue weighted by molar-refractivity contribution is -0.117. The van der Waals surface area contributed by atoms with Gasteiger partial charge in [0.15, 0.2) is 5.69 Å². The summed E-state index contributed by atoms with van der Waals surface area (Å²) in [6, 6.07) is 14.3. The van der Waals surface area contributed by atoms with Crippen molar-refractivity contribution in [3.63, 3.8) is 0 Å². The van der Waals surface area contributed by atoms with Gasteiger partial charge >= 0.3 is 0 Å². The highest BCUT2D eigenvalue weighted by atomic mass is 16.2. The Hall–Kier alpha value is -4.22. The molecule has 37 heavy (non-hydrogen) atoms. The number of benzene rings is 2. The number of piperidine rings is 1. The Balaban J connectivity index is 1.53. The summed E-state index contributed by atoms with van der Waals surface area (Å²) in [5.41, 5.74) is 7.07. The Morgan fingerprint density at radius 3 is 2.49 bits per heavy atom. The molecule has 1 saturated heterocycles. The van der Waals surface area contributed by atoms with Gasteiger partial charge in [-0.05, 0) is 55.8 Å². The number of rotatable bonds is 4. The summed E-state index contributed by atoms with van der Waals surface area (Å²) in [4.78, 5) is 32.4. The van der Waals surface area contributed by atoms with Crippen LogP contribution in [0.25, 0.3) is 32.9 Å². The molecule has 0 bridgehead atoms. The van der Waals surface area contributed by atoms with Crippen molar-refractivity contribution >= 4 is 28.9 Å². The minimum Gasteiger partial charge on any atom is -0.342 e. The lowest BCUT2D eigenvalue weighted by Crippen LogP contribution is -2.43. The van der Waals surface area contributed by atoms with Crippen molar-refractivity contribution in [3.05, 3.63) is 71.8 Å². The van der Waals surface area contributed by atoms with Crippen LogP contribution in [0.5, 0.6) is 0 Å². The van der Waals surface area contributed by atoms with E-state index in [1.54, 1.807) is 4.90 Å². The molecular weight excluding hydrogens is 462 g/mol. The Labute approximate surface area is 216 Å². The van der Waals surface area contributed by atoms with Crippen LogP contribution in [0.2, 0.25) is 0 Å². The van der Waals surface area contributed by atoms with Crippen LogP contribution in [0.1, 0.15) is 18.4 Å². The predicted octanol–water partition coefficient (Wildman–Crippen LogP) is 4.66. The number of nitrogens with zero attached hydrogens (tertiary/aromatic N) is 7. The first kappa shape index (κ1) is 23.2. The first-order chi connectivity index (χ1) is 17.9. The predicted molar refractivity (Wildman–Crippen MR) is 146 cm³/mol. The molecule has 2 aliphatic heterocycles. The zero-order chi connectivity index (χ0) is 25.7. The van der Waals surface area contributed by atoms with Crippen LogP contribution < -0.4 is 9.80 Å². The molecule has 1 fully saturated rings. The Bertz CT molecular complexity index is 1540. The monoisotopic (exact) mass is 491 g/mol. The number of anilines is 2. The Morgan fingerprint density at radius 2 is 1.78 bits per heavy atom. The van der Waals surface area contributed by atoms with E-state index in [0.29, 0.717) is 18.2 Å². The molecule has 0 radical (unpaired) electrons. The number of likely N-dealkylation sites (N-methyl/N-ethyl adjacent to an activating group) is 1. The Morgan fingerprint density at radius 1 is 1.05 bits per heavy atom. The molecule has 1 amide bonds. The first-order valence-corrected chi connectivity index (χ1v) is 12.6. The molecule has 6 rings (SSSR count). The summed E-state index contributed by atoms with van der Waals surface area (Å²) >= 11 is 0. The van der Waals surface area contributed by atoms with Gasteiger partial charge in [0.25, 0.3) is 0 Å². The minimum atomic E-state index is 0.0997. The van der Waals surface area contributed by atoms with Gasteiger partial charge in [0, 0.05) is 44.3 Å². The number of hydrogen-bond donors (Lipinski definition) is 0. The molecule has 0 unspecified atom stereocenters. The van der Waals surface area contributed by atoms with Crippen LogP contribution in [0.15, 0.2) is 54.9 Å². The molecule has 2 aromatic carbocycles. The molecule has 0 N–H and O–H groups in total. The Kier molecular flexibility index (Phi) is 5.65. The molecule has 2 aromatic heterocycles. The number of imidazole rings is 1. The zero-order valence-corrected chi connectivity index (χ0v) is 21.3. The third-order valence-electron chi connectivity index (χ3n) is 7.72. The quantitative estimate of drug-likeness (QED) is 0.389. The van der Waals surface area contributed by atoms with Crippen molar-refractivity contribution in [2.45, 2.75) is 25.3 Å². The molecule has 0 spiro atoms. The van der Waals surface area contributed by atoms with Gasteiger partial charge in [0.2, 0.25) is 11.9 Å². The maximum Gasteiger partial charge on any atom is 0.231 e. The lowest BCUT2D eigenvalue weighted by atomic mass is 9.97. The van der Waals surface area contributed by atoms with E-state index in [-0.39, 0.29) is 5.91 Å². The number of fused-ring (bicyclic) bond motifs is 2. The van der Waals surface area contributed by atoms with Gasteiger partial charge in [-0.15, -0.1) is 0 Å². The second kappa shape index (κ2) is 9.02. The average Bonchev–Trinajstić information content (AvgIpc) is 3.52. The normalized spacial score (nSPS) is 16.0. The summed E-state index contributed by atoms with van der Waals surface area (Å²) in [5, 5.41) is 0. The number of carbonyl (C=O) groups is 1. The third-order valence-corrected chi connectivity index (χ3v) is 7.72. The number of hydrogen-bond acceptors (Lipinski definition) is 5. The van der Waals surface area contributed by atoms with Crippen LogP contribution in [-0.2, 0) is 11.2 Å². The summed E-state index contributed by atoms with van der Waals surface area (Å²) in [6.45, 7) is 9.20. The van der Waals surface area contributed by atoms with E-state index in [2.05, 4.69) is 45.3 Å². The van der Waals surface area contributed by atoms with Crippen LogP contribution in [0.4, 0.5) is 17.3 Å². The molecule has 4 aromatic rings. The summed E-state index contributed by atoms with van der Waals surface area (Å²) < 4.78 is 2.09. The molecule has 8 heteroatoms. The van der Waals surface area contributed by atoms with E-state index < -0.39 is 0 Å². The molecule has 186 valence electrons. The number of amides is 1. The van der Waals surface area contributed by atoms with Crippen LogP contribution in [0.3, 0.4) is 0 Å². The molecular formula is C29H29N7O. The van der Waals surface area contributed by atoms with Crippen molar-refractivity contribution in [2.75, 3.05) is 44.0 Å². The highest BCUT2D eigenvalue weighted by Gasteiger charge is 2.28.